The number of rotatable bonds is 3. The summed E-state index contributed by atoms with van der Waals surface area (Å²) in [5.74, 6) is 1.19. The molecular weight excluding hydrogens is 154 g/mol. The summed E-state index contributed by atoms with van der Waals surface area (Å²) in [7, 11) is 0. The van der Waals surface area contributed by atoms with Gasteiger partial charge in [-0.25, -0.2) is 0 Å². The van der Waals surface area contributed by atoms with Gasteiger partial charge in [-0.2, -0.15) is 0 Å². The monoisotopic (exact) mass is 167 g/mol. The van der Waals surface area contributed by atoms with Crippen LogP contribution in [0.4, 0.5) is 0 Å². The van der Waals surface area contributed by atoms with Gasteiger partial charge in [0.1, 0.15) is 5.37 Å². The number of thioether (sulfide) groups is 1. The molecule has 0 aromatic rings. The van der Waals surface area contributed by atoms with Gasteiger partial charge in [-0.15, -0.1) is 11.8 Å². The van der Waals surface area contributed by atoms with Gasteiger partial charge in [0.15, 0.2) is 0 Å². The zero-order valence-corrected chi connectivity index (χ0v) is 7.55. The minimum Gasteiger partial charge on any atom is -0.275 e. The second-order valence-corrected chi connectivity index (χ2v) is 3.55. The van der Waals surface area contributed by atoms with Gasteiger partial charge >= 0.3 is 0 Å². The highest BCUT2D eigenvalue weighted by Crippen LogP contribution is 2.15. The van der Waals surface area contributed by atoms with Gasteiger partial charge < -0.3 is 0 Å². The van der Waals surface area contributed by atoms with Crippen LogP contribution in [0.2, 0.25) is 0 Å². The van der Waals surface area contributed by atoms with E-state index in [2.05, 4.69) is 24.1 Å². The Morgan fingerprint density at radius 3 is 3.09 bits per heavy atom. The molecule has 0 N–H and O–H groups in total. The van der Waals surface area contributed by atoms with Crippen LogP contribution in [-0.2, 0) is 0 Å². The topological polar surface area (TPSA) is 12.4 Å². The summed E-state index contributed by atoms with van der Waals surface area (Å²) in [6.45, 7) is 2.19. The summed E-state index contributed by atoms with van der Waals surface area (Å²) in [4.78, 5) is 4.33. The number of nitrogens with zero attached hydrogens (tertiary/aromatic N) is 1. The van der Waals surface area contributed by atoms with E-state index in [1.54, 1.807) is 0 Å². The Balaban J connectivity index is 2.34. The Morgan fingerprint density at radius 1 is 1.36 bits per heavy atom. The molecule has 1 aliphatic heterocycles. The quantitative estimate of drug-likeness (QED) is 0.629. The standard InChI is InChI=1S/C9H13NS/c1-2-8-11-9-6-4-3-5-7-10-9/h3-7,9H,2,8H2,1H3. The van der Waals surface area contributed by atoms with Crippen molar-refractivity contribution in [2.24, 2.45) is 4.99 Å². The van der Waals surface area contributed by atoms with E-state index in [0.717, 1.165) is 0 Å². The molecule has 0 aromatic carbocycles. The molecule has 1 rings (SSSR count). The Kier molecular flexibility index (Phi) is 4.06. The van der Waals surface area contributed by atoms with E-state index in [9.17, 15) is 0 Å². The largest absolute Gasteiger partial charge is 0.275 e. The fraction of sp³-hybridized carbons (Fsp3) is 0.444. The fourth-order valence-electron chi connectivity index (χ4n) is 0.794. The van der Waals surface area contributed by atoms with Crippen molar-refractivity contribution < 1.29 is 0 Å². The lowest BCUT2D eigenvalue weighted by Gasteiger charge is -2.03. The first kappa shape index (κ1) is 8.60. The van der Waals surface area contributed by atoms with Crippen LogP contribution in [0.1, 0.15) is 13.3 Å². The lowest BCUT2D eigenvalue weighted by molar-refractivity contribution is 1.08. The molecule has 11 heavy (non-hydrogen) atoms. The number of hydrogen-bond donors (Lipinski definition) is 0. The van der Waals surface area contributed by atoms with Crippen molar-refractivity contribution in [3.8, 4) is 0 Å². The van der Waals surface area contributed by atoms with Crippen molar-refractivity contribution >= 4 is 18.0 Å². The molecule has 0 amide bonds. The van der Waals surface area contributed by atoms with E-state index in [-0.39, 0.29) is 0 Å². The first-order valence-electron chi connectivity index (χ1n) is 3.91. The third-order valence-electron chi connectivity index (χ3n) is 1.31. The van der Waals surface area contributed by atoms with Crippen LogP contribution < -0.4 is 0 Å². The summed E-state index contributed by atoms with van der Waals surface area (Å²) >= 11 is 1.89. The smallest absolute Gasteiger partial charge is 0.114 e. The average Bonchev–Trinajstić information content (AvgIpc) is 2.28. The van der Waals surface area contributed by atoms with Crippen LogP contribution in [-0.4, -0.2) is 17.3 Å². The van der Waals surface area contributed by atoms with Crippen LogP contribution in [0.15, 0.2) is 29.3 Å². The van der Waals surface area contributed by atoms with Crippen molar-refractivity contribution in [1.29, 1.82) is 0 Å². The summed E-state index contributed by atoms with van der Waals surface area (Å²) in [6.07, 6.45) is 11.2. The zero-order chi connectivity index (χ0) is 7.94. The van der Waals surface area contributed by atoms with Crippen molar-refractivity contribution in [2.45, 2.75) is 18.7 Å². The lowest BCUT2D eigenvalue weighted by atomic mass is 10.5. The first-order chi connectivity index (χ1) is 5.43. The van der Waals surface area contributed by atoms with Crippen LogP contribution in [0.25, 0.3) is 0 Å². The maximum atomic E-state index is 4.33. The van der Waals surface area contributed by atoms with E-state index in [4.69, 9.17) is 0 Å². The molecule has 0 aliphatic carbocycles. The number of allylic oxidation sites excluding steroid dienone is 3. The lowest BCUT2D eigenvalue weighted by Crippen LogP contribution is -1.93. The maximum Gasteiger partial charge on any atom is 0.114 e. The van der Waals surface area contributed by atoms with Crippen molar-refractivity contribution in [1.82, 2.24) is 0 Å². The molecule has 0 bridgehead atoms. The van der Waals surface area contributed by atoms with Crippen LogP contribution >= 0.6 is 11.8 Å². The molecular formula is C9H13NS. The molecule has 1 heterocycles. The molecule has 1 unspecified atom stereocenters. The van der Waals surface area contributed by atoms with Crippen LogP contribution in [0.5, 0.6) is 0 Å². The number of aliphatic imine (C=N–C) groups is 1. The Morgan fingerprint density at radius 2 is 2.27 bits per heavy atom. The van der Waals surface area contributed by atoms with E-state index < -0.39 is 0 Å². The van der Waals surface area contributed by atoms with E-state index in [1.807, 2.05) is 30.1 Å². The maximum absolute atomic E-state index is 4.33. The fourth-order valence-corrected chi connectivity index (χ4v) is 1.63. The van der Waals surface area contributed by atoms with Crippen molar-refractivity contribution in [3.05, 3.63) is 24.3 Å². The molecule has 2 heteroatoms. The molecule has 1 nitrogen and oxygen atoms in total. The minimum absolute atomic E-state index is 0.338. The summed E-state index contributed by atoms with van der Waals surface area (Å²) < 4.78 is 0. The molecule has 1 aliphatic rings. The van der Waals surface area contributed by atoms with Gasteiger partial charge in [-0.05, 0) is 18.2 Å². The highest BCUT2D eigenvalue weighted by molar-refractivity contribution is 8.00. The molecule has 60 valence electrons. The third kappa shape index (κ3) is 3.42. The van der Waals surface area contributed by atoms with E-state index in [1.165, 1.54) is 12.2 Å². The number of hydrogen-bond acceptors (Lipinski definition) is 2. The van der Waals surface area contributed by atoms with Gasteiger partial charge in [0.2, 0.25) is 0 Å². The Hall–Kier alpha value is -0.500. The predicted octanol–water partition coefficient (Wildman–Crippen LogP) is 2.65. The normalized spacial score (nSPS) is 22.1. The van der Waals surface area contributed by atoms with Crippen molar-refractivity contribution in [2.75, 3.05) is 5.75 Å². The second-order valence-electron chi connectivity index (χ2n) is 2.33. The molecule has 0 fully saturated rings. The minimum atomic E-state index is 0.338. The van der Waals surface area contributed by atoms with Gasteiger partial charge in [0.25, 0.3) is 0 Å². The second kappa shape index (κ2) is 5.19. The van der Waals surface area contributed by atoms with Crippen LogP contribution in [0, 0.1) is 0 Å². The molecule has 0 radical (unpaired) electrons. The first-order valence-corrected chi connectivity index (χ1v) is 4.96. The Bertz CT molecular complexity index is 166. The van der Waals surface area contributed by atoms with E-state index in [0.29, 0.717) is 5.37 Å². The molecule has 1 atom stereocenters. The molecule has 0 aromatic heterocycles. The summed E-state index contributed by atoms with van der Waals surface area (Å²) in [6, 6.07) is 0. The van der Waals surface area contributed by atoms with Gasteiger partial charge in [0.05, 0.1) is 0 Å². The molecule has 0 saturated carbocycles. The molecule has 0 spiro atoms. The third-order valence-corrected chi connectivity index (χ3v) is 2.57. The van der Waals surface area contributed by atoms with E-state index >= 15 is 0 Å². The summed E-state index contributed by atoms with van der Waals surface area (Å²) in [5.41, 5.74) is 0. The predicted molar refractivity (Wildman–Crippen MR) is 53.3 cm³/mol. The highest BCUT2D eigenvalue weighted by Gasteiger charge is 1.99. The summed E-state index contributed by atoms with van der Waals surface area (Å²) in [5, 5.41) is 0.338. The van der Waals surface area contributed by atoms with Gasteiger partial charge in [0, 0.05) is 6.21 Å². The SMILES string of the molecule is CCCSC1C=CC=CC=N1. The molecule has 0 saturated heterocycles. The van der Waals surface area contributed by atoms with Crippen LogP contribution in [0.3, 0.4) is 0 Å². The van der Waals surface area contributed by atoms with Gasteiger partial charge in [-0.1, -0.05) is 25.2 Å². The Labute approximate surface area is 72.3 Å². The highest BCUT2D eigenvalue weighted by atomic mass is 32.2. The average molecular weight is 167 g/mol. The van der Waals surface area contributed by atoms with Crippen molar-refractivity contribution in [3.63, 3.8) is 0 Å². The van der Waals surface area contributed by atoms with Gasteiger partial charge in [-0.3, -0.25) is 4.99 Å². The zero-order valence-electron chi connectivity index (χ0n) is 6.73.